The maximum absolute atomic E-state index is 6.07. The van der Waals surface area contributed by atoms with E-state index in [0.717, 1.165) is 39.1 Å². The largest absolute Gasteiger partial charge is 0.500 e. The van der Waals surface area contributed by atoms with Crippen molar-refractivity contribution in [3.8, 4) is 22.5 Å². The molecule has 1 unspecified atom stereocenters. The number of rotatable bonds is 5. The van der Waals surface area contributed by atoms with Crippen molar-refractivity contribution in [1.82, 2.24) is 9.97 Å². The molecular formula is C41H38IrN2OSi-2. The summed E-state index contributed by atoms with van der Waals surface area (Å²) >= 11 is 0. The summed E-state index contributed by atoms with van der Waals surface area (Å²) in [6.45, 7) is 13.5. The molecule has 0 aliphatic rings. The first-order chi connectivity index (χ1) is 21.7. The molecule has 3 aromatic heterocycles. The van der Waals surface area contributed by atoms with Crippen molar-refractivity contribution in [3.63, 3.8) is 0 Å². The van der Waals surface area contributed by atoms with Crippen molar-refractivity contribution < 1.29 is 24.5 Å². The maximum atomic E-state index is 6.07. The van der Waals surface area contributed by atoms with Crippen molar-refractivity contribution in [2.75, 3.05) is 0 Å². The molecule has 0 aliphatic heterocycles. The molecule has 0 bridgehead atoms. The van der Waals surface area contributed by atoms with Crippen LogP contribution in [0.2, 0.25) is 19.6 Å². The number of benzene rings is 4. The number of aryl methyl sites for hydroxylation is 2. The Hall–Kier alpha value is -4.15. The zero-order chi connectivity index (χ0) is 31.6. The van der Waals surface area contributed by atoms with Gasteiger partial charge in [-0.1, -0.05) is 86.5 Å². The molecule has 1 radical (unpaired) electrons. The van der Waals surface area contributed by atoms with Gasteiger partial charge < -0.3 is 14.4 Å². The number of fused-ring (bicyclic) bond motifs is 3. The minimum Gasteiger partial charge on any atom is -0.500 e. The van der Waals surface area contributed by atoms with Gasteiger partial charge in [0.2, 0.25) is 0 Å². The van der Waals surface area contributed by atoms with Crippen LogP contribution in [0.15, 0.2) is 120 Å². The van der Waals surface area contributed by atoms with Gasteiger partial charge in [0.15, 0.2) is 0 Å². The van der Waals surface area contributed by atoms with Crippen LogP contribution in [-0.4, -0.2) is 18.0 Å². The van der Waals surface area contributed by atoms with E-state index >= 15 is 0 Å². The normalized spacial score (nSPS) is 11.9. The average molecular weight is 795 g/mol. The fourth-order valence-corrected chi connectivity index (χ4v) is 6.76. The molecule has 3 heterocycles. The zero-order valence-corrected chi connectivity index (χ0v) is 30.6. The minimum atomic E-state index is -1.23. The molecule has 4 aromatic carbocycles. The van der Waals surface area contributed by atoms with Crippen molar-refractivity contribution in [3.05, 3.63) is 150 Å². The van der Waals surface area contributed by atoms with Crippen LogP contribution in [0.4, 0.5) is 0 Å². The van der Waals surface area contributed by atoms with E-state index < -0.39 is 8.07 Å². The smallest absolute Gasteiger partial charge is 0.121 e. The number of pyridine rings is 2. The Bertz CT molecular complexity index is 2060. The summed E-state index contributed by atoms with van der Waals surface area (Å²) in [4.78, 5) is 9.15. The van der Waals surface area contributed by atoms with Gasteiger partial charge in [-0.25, -0.2) is 0 Å². The van der Waals surface area contributed by atoms with E-state index in [2.05, 4.69) is 135 Å². The van der Waals surface area contributed by atoms with Crippen LogP contribution in [0.5, 0.6) is 0 Å². The molecular weight excluding hydrogens is 757 g/mol. The van der Waals surface area contributed by atoms with Crippen LogP contribution in [0.25, 0.3) is 44.5 Å². The average Bonchev–Trinajstić information content (AvgIpc) is 3.43. The van der Waals surface area contributed by atoms with Crippen molar-refractivity contribution in [1.29, 1.82) is 0 Å². The Morgan fingerprint density at radius 1 is 0.717 bits per heavy atom. The van der Waals surface area contributed by atoms with Gasteiger partial charge in [-0.15, -0.1) is 59.7 Å². The van der Waals surface area contributed by atoms with Gasteiger partial charge in [-0.3, -0.25) is 0 Å². The van der Waals surface area contributed by atoms with Crippen LogP contribution in [0.3, 0.4) is 0 Å². The molecule has 0 N–H and O–H groups in total. The van der Waals surface area contributed by atoms with E-state index in [1.54, 1.807) is 0 Å². The molecule has 0 spiro atoms. The van der Waals surface area contributed by atoms with Crippen LogP contribution in [0.1, 0.15) is 35.1 Å². The van der Waals surface area contributed by atoms with E-state index in [4.69, 9.17) is 4.42 Å². The fourth-order valence-electron chi connectivity index (χ4n) is 5.73. The van der Waals surface area contributed by atoms with Crippen molar-refractivity contribution >= 4 is 35.2 Å². The first-order valence-corrected chi connectivity index (χ1v) is 19.0. The molecule has 0 amide bonds. The number of hydrogen-bond acceptors (Lipinski definition) is 3. The van der Waals surface area contributed by atoms with Gasteiger partial charge >= 0.3 is 0 Å². The molecule has 0 saturated carbocycles. The van der Waals surface area contributed by atoms with Crippen molar-refractivity contribution in [2.24, 2.45) is 0 Å². The molecule has 46 heavy (non-hydrogen) atoms. The van der Waals surface area contributed by atoms with Gasteiger partial charge in [-0.2, -0.15) is 0 Å². The van der Waals surface area contributed by atoms with Gasteiger partial charge in [0, 0.05) is 43.8 Å². The quantitative estimate of drug-likeness (QED) is 0.129. The van der Waals surface area contributed by atoms with Crippen molar-refractivity contribution in [2.45, 2.75) is 46.3 Å². The third-order valence-corrected chi connectivity index (χ3v) is 10.3. The Kier molecular flexibility index (Phi) is 10.2. The first kappa shape index (κ1) is 33.2. The van der Waals surface area contributed by atoms with Gasteiger partial charge in [0.1, 0.15) is 5.58 Å². The standard InChI is InChI=1S/C27H22NO.C14H16NSi.Ir/c1-17-13-18(2)27-23-15-22(9-10-25(23)29-26(27)14-17)24-16-21(11-12-28-24)19(3)20-7-5-4-6-8-20;1-16(2,3)13-9-10-14(15-11-13)12-7-5-4-6-8-12;/h4-8,10-16,19H,1-3H3;4-7,9-11H,1-3H3;/q2*-1;. The van der Waals surface area contributed by atoms with E-state index in [1.807, 2.05) is 42.7 Å². The summed E-state index contributed by atoms with van der Waals surface area (Å²) in [6.07, 6.45) is 3.91. The second-order valence-corrected chi connectivity index (χ2v) is 17.8. The summed E-state index contributed by atoms with van der Waals surface area (Å²) in [5.74, 6) is 0.307. The Balaban J connectivity index is 0.000000209. The summed E-state index contributed by atoms with van der Waals surface area (Å²) in [6, 6.07) is 42.0. The number of aromatic nitrogens is 2. The number of nitrogens with zero attached hydrogens (tertiary/aromatic N) is 2. The molecule has 7 rings (SSSR count). The second-order valence-electron chi connectivity index (χ2n) is 12.7. The molecule has 0 saturated heterocycles. The van der Waals surface area contributed by atoms with Crippen LogP contribution >= 0.6 is 0 Å². The van der Waals surface area contributed by atoms with Gasteiger partial charge in [0.05, 0.1) is 13.7 Å². The predicted octanol–water partition coefficient (Wildman–Crippen LogP) is 10.3. The summed E-state index contributed by atoms with van der Waals surface area (Å²) in [5.41, 5.74) is 10.8. The van der Waals surface area contributed by atoms with E-state index in [0.29, 0.717) is 5.92 Å². The monoisotopic (exact) mass is 795 g/mol. The summed E-state index contributed by atoms with van der Waals surface area (Å²) in [5, 5.41) is 3.69. The minimum absolute atomic E-state index is 0. The second kappa shape index (κ2) is 14.1. The third kappa shape index (κ3) is 7.29. The summed E-state index contributed by atoms with van der Waals surface area (Å²) < 4.78 is 6.07. The third-order valence-electron chi connectivity index (χ3n) is 8.32. The Morgan fingerprint density at radius 2 is 1.50 bits per heavy atom. The number of hydrogen-bond donors (Lipinski definition) is 0. The maximum Gasteiger partial charge on any atom is 0.121 e. The number of furan rings is 1. The molecule has 233 valence electrons. The van der Waals surface area contributed by atoms with E-state index in [1.165, 1.54) is 32.8 Å². The molecule has 0 aliphatic carbocycles. The molecule has 1 atom stereocenters. The van der Waals surface area contributed by atoms with E-state index in [9.17, 15) is 0 Å². The topological polar surface area (TPSA) is 38.9 Å². The van der Waals surface area contributed by atoms with E-state index in [-0.39, 0.29) is 20.1 Å². The van der Waals surface area contributed by atoms with Crippen LogP contribution in [-0.2, 0) is 20.1 Å². The first-order valence-electron chi connectivity index (χ1n) is 15.5. The van der Waals surface area contributed by atoms with Gasteiger partial charge in [0.25, 0.3) is 0 Å². The van der Waals surface area contributed by atoms with Crippen LogP contribution < -0.4 is 5.19 Å². The van der Waals surface area contributed by atoms with Gasteiger partial charge in [-0.05, 0) is 64.8 Å². The molecule has 0 fully saturated rings. The Labute approximate surface area is 287 Å². The Morgan fingerprint density at radius 3 is 2.20 bits per heavy atom. The predicted molar refractivity (Wildman–Crippen MR) is 191 cm³/mol. The molecule has 7 aromatic rings. The zero-order valence-electron chi connectivity index (χ0n) is 27.2. The SMILES string of the molecule is C[Si](C)(C)c1ccc(-c2[c-]cccc2)nc1.Cc1cc(C)c2c(c1)oc1c[c-]c(-c3cc(C(C)c4ccccc4)ccn3)cc12.[Ir]. The molecule has 5 heteroatoms. The molecule has 3 nitrogen and oxygen atoms in total. The summed E-state index contributed by atoms with van der Waals surface area (Å²) in [7, 11) is -1.23. The fraction of sp³-hybridized carbons (Fsp3) is 0.171. The van der Waals surface area contributed by atoms with Crippen LogP contribution in [0, 0.1) is 26.0 Å².